The fourth-order valence-corrected chi connectivity index (χ4v) is 3.00. The molecule has 1 aliphatic heterocycles. The van der Waals surface area contributed by atoms with Crippen molar-refractivity contribution in [3.05, 3.63) is 30.6 Å². The molecule has 0 bridgehead atoms. The minimum atomic E-state index is -0.740. The lowest BCUT2D eigenvalue weighted by molar-refractivity contribution is -0.137. The molecule has 1 amide bonds. The van der Waals surface area contributed by atoms with E-state index in [1.807, 2.05) is 28.8 Å². The molecule has 0 aliphatic carbocycles. The number of fused-ring (bicyclic) bond motifs is 1. The Labute approximate surface area is 124 Å². The Morgan fingerprint density at radius 2 is 2.24 bits per heavy atom. The Bertz CT molecular complexity index is 648. The summed E-state index contributed by atoms with van der Waals surface area (Å²) in [6.07, 6.45) is 3.86. The summed E-state index contributed by atoms with van der Waals surface area (Å²) in [6.45, 7) is 3.62. The standard InChI is InChI=1S/C16H21N3O2/c1-16(21)8-4-9-18(11-16)15(20)7-10-19-12-17-13-5-2-3-6-14(13)19/h2-3,5-6,12,21H,4,7-11H2,1H3. The number of β-amino-alcohol motifs (C(OH)–C–C–N with tert-alkyl or cyclic N) is 1. The highest BCUT2D eigenvalue weighted by Gasteiger charge is 2.30. The molecule has 3 rings (SSSR count). The summed E-state index contributed by atoms with van der Waals surface area (Å²) in [5, 5.41) is 10.1. The van der Waals surface area contributed by atoms with Crippen molar-refractivity contribution in [3.63, 3.8) is 0 Å². The molecular weight excluding hydrogens is 266 g/mol. The number of amides is 1. The summed E-state index contributed by atoms with van der Waals surface area (Å²) in [4.78, 5) is 18.4. The van der Waals surface area contributed by atoms with Crippen molar-refractivity contribution in [2.24, 2.45) is 0 Å². The van der Waals surface area contributed by atoms with Crippen LogP contribution in [-0.4, -0.2) is 44.2 Å². The normalized spacial score (nSPS) is 22.7. The zero-order valence-electron chi connectivity index (χ0n) is 12.3. The summed E-state index contributed by atoms with van der Waals surface area (Å²) in [6, 6.07) is 7.92. The van der Waals surface area contributed by atoms with Gasteiger partial charge in [-0.25, -0.2) is 4.98 Å². The number of benzene rings is 1. The molecule has 1 aromatic heterocycles. The van der Waals surface area contributed by atoms with Gasteiger partial charge in [-0.15, -0.1) is 0 Å². The maximum Gasteiger partial charge on any atom is 0.224 e. The van der Waals surface area contributed by atoms with E-state index in [0.717, 1.165) is 30.4 Å². The summed E-state index contributed by atoms with van der Waals surface area (Å²) in [5.41, 5.74) is 1.26. The molecule has 1 saturated heterocycles. The number of carbonyl (C=O) groups is 1. The number of rotatable bonds is 3. The smallest absolute Gasteiger partial charge is 0.224 e. The molecule has 5 nitrogen and oxygen atoms in total. The predicted octanol–water partition coefficient (Wildman–Crippen LogP) is 1.80. The number of nitrogens with zero attached hydrogens (tertiary/aromatic N) is 3. The van der Waals surface area contributed by atoms with Gasteiger partial charge < -0.3 is 14.6 Å². The molecule has 2 aromatic rings. The predicted molar refractivity (Wildman–Crippen MR) is 80.8 cm³/mol. The van der Waals surface area contributed by atoms with E-state index in [-0.39, 0.29) is 5.91 Å². The molecule has 21 heavy (non-hydrogen) atoms. The Morgan fingerprint density at radius 3 is 3.05 bits per heavy atom. The number of hydrogen-bond donors (Lipinski definition) is 1. The second-order valence-corrected chi connectivity index (χ2v) is 6.09. The number of piperidine rings is 1. The quantitative estimate of drug-likeness (QED) is 0.936. The minimum Gasteiger partial charge on any atom is -0.388 e. The van der Waals surface area contributed by atoms with Gasteiger partial charge >= 0.3 is 0 Å². The molecular formula is C16H21N3O2. The summed E-state index contributed by atoms with van der Waals surface area (Å²) >= 11 is 0. The van der Waals surface area contributed by atoms with Gasteiger partial charge in [-0.05, 0) is 31.9 Å². The van der Waals surface area contributed by atoms with Crippen molar-refractivity contribution >= 4 is 16.9 Å². The molecule has 1 fully saturated rings. The van der Waals surface area contributed by atoms with E-state index in [0.29, 0.717) is 19.5 Å². The van der Waals surface area contributed by atoms with Crippen LogP contribution in [-0.2, 0) is 11.3 Å². The maximum absolute atomic E-state index is 12.3. The van der Waals surface area contributed by atoms with Crippen molar-refractivity contribution in [1.29, 1.82) is 0 Å². The third-order valence-corrected chi connectivity index (χ3v) is 4.12. The van der Waals surface area contributed by atoms with E-state index >= 15 is 0 Å². The second kappa shape index (κ2) is 5.48. The summed E-state index contributed by atoms with van der Waals surface area (Å²) in [7, 11) is 0. The third-order valence-electron chi connectivity index (χ3n) is 4.12. The average molecular weight is 287 g/mol. The molecule has 0 radical (unpaired) electrons. The SMILES string of the molecule is CC1(O)CCCN(C(=O)CCn2cnc3ccccc32)C1. The Hall–Kier alpha value is -1.88. The zero-order valence-corrected chi connectivity index (χ0v) is 12.3. The number of carbonyl (C=O) groups excluding carboxylic acids is 1. The first-order chi connectivity index (χ1) is 10.1. The lowest BCUT2D eigenvalue weighted by Crippen LogP contribution is -2.48. The van der Waals surface area contributed by atoms with Crippen molar-refractivity contribution < 1.29 is 9.90 Å². The highest BCUT2D eigenvalue weighted by molar-refractivity contribution is 5.77. The summed E-state index contributed by atoms with van der Waals surface area (Å²) < 4.78 is 2.01. The first-order valence-electron chi connectivity index (χ1n) is 7.45. The van der Waals surface area contributed by atoms with Gasteiger partial charge in [0, 0.05) is 26.1 Å². The number of hydrogen-bond acceptors (Lipinski definition) is 3. The Kier molecular flexibility index (Phi) is 3.68. The van der Waals surface area contributed by atoms with Gasteiger partial charge in [-0.3, -0.25) is 4.79 Å². The lowest BCUT2D eigenvalue weighted by atomic mass is 9.95. The fraction of sp³-hybridized carbons (Fsp3) is 0.500. The monoisotopic (exact) mass is 287 g/mol. The molecule has 112 valence electrons. The van der Waals surface area contributed by atoms with Crippen LogP contribution in [0.25, 0.3) is 11.0 Å². The van der Waals surface area contributed by atoms with Gasteiger partial charge in [0.15, 0.2) is 0 Å². The van der Waals surface area contributed by atoms with Crippen LogP contribution in [0.5, 0.6) is 0 Å². The number of aromatic nitrogens is 2. The van der Waals surface area contributed by atoms with E-state index in [9.17, 15) is 9.90 Å². The van der Waals surface area contributed by atoms with Crippen LogP contribution in [0, 0.1) is 0 Å². The molecule has 0 spiro atoms. The van der Waals surface area contributed by atoms with Crippen molar-refractivity contribution in [3.8, 4) is 0 Å². The first-order valence-corrected chi connectivity index (χ1v) is 7.45. The van der Waals surface area contributed by atoms with Crippen LogP contribution in [0.2, 0.25) is 0 Å². The van der Waals surface area contributed by atoms with E-state index in [1.54, 1.807) is 18.2 Å². The van der Waals surface area contributed by atoms with Crippen LogP contribution < -0.4 is 0 Å². The van der Waals surface area contributed by atoms with Gasteiger partial charge in [0.2, 0.25) is 5.91 Å². The number of aryl methyl sites for hydroxylation is 1. The van der Waals surface area contributed by atoms with E-state index in [2.05, 4.69) is 4.98 Å². The Balaban J connectivity index is 1.63. The highest BCUT2D eigenvalue weighted by Crippen LogP contribution is 2.21. The van der Waals surface area contributed by atoms with Crippen molar-refractivity contribution in [2.75, 3.05) is 13.1 Å². The van der Waals surface area contributed by atoms with E-state index in [1.165, 1.54) is 0 Å². The molecule has 1 N–H and O–H groups in total. The molecule has 1 unspecified atom stereocenters. The molecule has 1 aliphatic rings. The first kappa shape index (κ1) is 14.1. The molecule has 1 aromatic carbocycles. The molecule has 5 heteroatoms. The Morgan fingerprint density at radius 1 is 1.43 bits per heavy atom. The van der Waals surface area contributed by atoms with Crippen LogP contribution in [0.15, 0.2) is 30.6 Å². The van der Waals surface area contributed by atoms with E-state index in [4.69, 9.17) is 0 Å². The third kappa shape index (κ3) is 3.08. The second-order valence-electron chi connectivity index (χ2n) is 6.09. The van der Waals surface area contributed by atoms with Crippen LogP contribution in [0.4, 0.5) is 0 Å². The topological polar surface area (TPSA) is 58.4 Å². The van der Waals surface area contributed by atoms with Crippen molar-refractivity contribution in [2.45, 2.75) is 38.3 Å². The minimum absolute atomic E-state index is 0.104. The summed E-state index contributed by atoms with van der Waals surface area (Å²) in [5.74, 6) is 0.104. The van der Waals surface area contributed by atoms with Gasteiger partial charge in [0.1, 0.15) is 0 Å². The largest absolute Gasteiger partial charge is 0.388 e. The lowest BCUT2D eigenvalue weighted by Gasteiger charge is -2.36. The van der Waals surface area contributed by atoms with Crippen LogP contribution in [0.3, 0.4) is 0 Å². The highest BCUT2D eigenvalue weighted by atomic mass is 16.3. The van der Waals surface area contributed by atoms with Gasteiger partial charge in [-0.2, -0.15) is 0 Å². The van der Waals surface area contributed by atoms with E-state index < -0.39 is 5.60 Å². The van der Waals surface area contributed by atoms with Gasteiger partial charge in [0.25, 0.3) is 0 Å². The van der Waals surface area contributed by atoms with Crippen LogP contribution >= 0.6 is 0 Å². The number of aliphatic hydroxyl groups is 1. The maximum atomic E-state index is 12.3. The van der Waals surface area contributed by atoms with Gasteiger partial charge in [-0.1, -0.05) is 12.1 Å². The van der Waals surface area contributed by atoms with Crippen molar-refractivity contribution in [1.82, 2.24) is 14.5 Å². The number of imidazole rings is 1. The molecule has 0 saturated carbocycles. The number of para-hydroxylation sites is 2. The average Bonchev–Trinajstić information content (AvgIpc) is 2.87. The zero-order chi connectivity index (χ0) is 14.9. The molecule has 1 atom stereocenters. The van der Waals surface area contributed by atoms with Crippen LogP contribution in [0.1, 0.15) is 26.2 Å². The van der Waals surface area contributed by atoms with Gasteiger partial charge in [0.05, 0.1) is 23.0 Å². The number of likely N-dealkylation sites (tertiary alicyclic amines) is 1. The molecule has 2 heterocycles. The fourth-order valence-electron chi connectivity index (χ4n) is 3.00.